The smallest absolute Gasteiger partial charge is 0.332 e. The maximum absolute atomic E-state index is 10.6. The second kappa shape index (κ2) is 7.54. The molecule has 0 saturated carbocycles. The molecule has 0 aliphatic heterocycles. The van der Waals surface area contributed by atoms with Crippen molar-refractivity contribution < 1.29 is 35.1 Å². The van der Waals surface area contributed by atoms with Crippen molar-refractivity contribution in [1.82, 2.24) is 0 Å². The zero-order valence-corrected chi connectivity index (χ0v) is 9.43. The van der Waals surface area contributed by atoms with Gasteiger partial charge in [0.05, 0.1) is 19.3 Å². The molecule has 0 amide bonds. The summed E-state index contributed by atoms with van der Waals surface area (Å²) in [6, 6.07) is -1.08. The van der Waals surface area contributed by atoms with Crippen LogP contribution in [0.4, 0.5) is 0 Å². The lowest BCUT2D eigenvalue weighted by Crippen LogP contribution is -2.53. The Morgan fingerprint density at radius 3 is 2.18 bits per heavy atom. The molecule has 102 valence electrons. The first-order valence-corrected chi connectivity index (χ1v) is 5.06. The number of aliphatic carboxylic acids is 1. The molecule has 0 radical (unpaired) electrons. The van der Waals surface area contributed by atoms with Crippen molar-refractivity contribution in [2.75, 3.05) is 13.2 Å². The van der Waals surface area contributed by atoms with E-state index in [1.807, 2.05) is 0 Å². The second-order valence-electron chi connectivity index (χ2n) is 3.67. The summed E-state index contributed by atoms with van der Waals surface area (Å²) in [6.07, 6.45) is -5.69. The van der Waals surface area contributed by atoms with Crippen molar-refractivity contribution in [2.45, 2.75) is 37.4 Å². The standard InChI is InChI=1S/C9H19NO7/c1-4(9(15)16)17-8(5(10)2-11)7(14)6(13)3-12/h4-8,11-14H,2-3,10H2,1H3,(H,15,16). The molecular formula is C9H19NO7. The second-order valence-corrected chi connectivity index (χ2v) is 3.67. The van der Waals surface area contributed by atoms with Crippen LogP contribution in [0.3, 0.4) is 0 Å². The Labute approximate surface area is 98.2 Å². The van der Waals surface area contributed by atoms with Gasteiger partial charge in [0.15, 0.2) is 6.10 Å². The number of aliphatic hydroxyl groups excluding tert-OH is 4. The van der Waals surface area contributed by atoms with Gasteiger partial charge in [-0.25, -0.2) is 4.79 Å². The van der Waals surface area contributed by atoms with E-state index in [-0.39, 0.29) is 0 Å². The maximum atomic E-state index is 10.6. The average molecular weight is 253 g/mol. The number of ether oxygens (including phenoxy) is 1. The molecule has 0 saturated heterocycles. The largest absolute Gasteiger partial charge is 0.479 e. The van der Waals surface area contributed by atoms with Crippen molar-refractivity contribution in [3.05, 3.63) is 0 Å². The fraction of sp³-hybridized carbons (Fsp3) is 0.889. The Morgan fingerprint density at radius 1 is 1.29 bits per heavy atom. The molecule has 0 aliphatic carbocycles. The summed E-state index contributed by atoms with van der Waals surface area (Å²) in [5.41, 5.74) is 5.44. The van der Waals surface area contributed by atoms with Gasteiger partial charge in [-0.05, 0) is 6.92 Å². The topological polar surface area (TPSA) is 153 Å². The highest BCUT2D eigenvalue weighted by atomic mass is 16.5. The highest BCUT2D eigenvalue weighted by Crippen LogP contribution is 2.11. The van der Waals surface area contributed by atoms with Gasteiger partial charge in [-0.2, -0.15) is 0 Å². The van der Waals surface area contributed by atoms with E-state index in [1.165, 1.54) is 6.92 Å². The average Bonchev–Trinajstić information content (AvgIpc) is 2.32. The molecule has 0 rings (SSSR count). The van der Waals surface area contributed by atoms with Crippen LogP contribution >= 0.6 is 0 Å². The zero-order chi connectivity index (χ0) is 13.6. The van der Waals surface area contributed by atoms with Gasteiger partial charge < -0.3 is 36.0 Å². The predicted octanol–water partition coefficient (Wildman–Crippen LogP) is -3.12. The third kappa shape index (κ3) is 4.94. The highest BCUT2D eigenvalue weighted by Gasteiger charge is 2.34. The molecule has 7 N–H and O–H groups in total. The van der Waals surface area contributed by atoms with Crippen molar-refractivity contribution in [2.24, 2.45) is 5.73 Å². The monoisotopic (exact) mass is 253 g/mol. The molecule has 0 bridgehead atoms. The first-order valence-electron chi connectivity index (χ1n) is 5.06. The Kier molecular flexibility index (Phi) is 7.19. The van der Waals surface area contributed by atoms with Crippen LogP contribution in [-0.4, -0.2) is 75.2 Å². The number of carboxylic acids is 1. The first-order chi connectivity index (χ1) is 7.84. The Bertz CT molecular complexity index is 237. The van der Waals surface area contributed by atoms with Crippen molar-refractivity contribution >= 4 is 5.97 Å². The van der Waals surface area contributed by atoms with Crippen molar-refractivity contribution in [3.63, 3.8) is 0 Å². The van der Waals surface area contributed by atoms with Crippen molar-refractivity contribution in [3.8, 4) is 0 Å². The van der Waals surface area contributed by atoms with Crippen LogP contribution in [0.5, 0.6) is 0 Å². The summed E-state index contributed by atoms with van der Waals surface area (Å²) in [7, 11) is 0. The van der Waals surface area contributed by atoms with Crippen LogP contribution in [0.15, 0.2) is 0 Å². The van der Waals surface area contributed by atoms with E-state index < -0.39 is 49.6 Å². The van der Waals surface area contributed by atoms with E-state index in [2.05, 4.69) is 0 Å². The molecule has 17 heavy (non-hydrogen) atoms. The lowest BCUT2D eigenvalue weighted by molar-refractivity contribution is -0.167. The van der Waals surface area contributed by atoms with Crippen LogP contribution in [0.25, 0.3) is 0 Å². The third-order valence-corrected chi connectivity index (χ3v) is 2.26. The summed E-state index contributed by atoms with van der Waals surface area (Å²) in [6.45, 7) is -0.0791. The number of aliphatic hydroxyl groups is 4. The SMILES string of the molecule is CC(OC(C(N)CO)C(O)C(O)CO)C(=O)O. The molecule has 0 heterocycles. The Morgan fingerprint density at radius 2 is 1.82 bits per heavy atom. The number of hydrogen-bond donors (Lipinski definition) is 6. The molecule has 0 fully saturated rings. The number of hydrogen-bond acceptors (Lipinski definition) is 7. The number of carboxylic acid groups (broad SMARTS) is 1. The van der Waals surface area contributed by atoms with Crippen molar-refractivity contribution in [1.29, 1.82) is 0 Å². The van der Waals surface area contributed by atoms with E-state index in [4.69, 9.17) is 25.8 Å². The predicted molar refractivity (Wildman–Crippen MR) is 56.1 cm³/mol. The van der Waals surface area contributed by atoms with E-state index >= 15 is 0 Å². The Balaban J connectivity index is 4.69. The first kappa shape index (κ1) is 16.2. The lowest BCUT2D eigenvalue weighted by Gasteiger charge is -2.31. The number of nitrogens with two attached hydrogens (primary N) is 1. The van der Waals surface area contributed by atoms with Gasteiger partial charge in [0.25, 0.3) is 0 Å². The summed E-state index contributed by atoms with van der Waals surface area (Å²) in [5, 5.41) is 45.0. The fourth-order valence-corrected chi connectivity index (χ4v) is 1.16. The number of rotatable bonds is 8. The molecule has 0 spiro atoms. The molecule has 5 unspecified atom stereocenters. The van der Waals surface area contributed by atoms with Gasteiger partial charge >= 0.3 is 5.97 Å². The van der Waals surface area contributed by atoms with Crippen LogP contribution in [0, 0.1) is 0 Å². The van der Waals surface area contributed by atoms with Crippen LogP contribution in [0.2, 0.25) is 0 Å². The Hall–Kier alpha value is -0.770. The van der Waals surface area contributed by atoms with Crippen LogP contribution in [0.1, 0.15) is 6.92 Å². The normalized spacial score (nSPS) is 20.4. The molecule has 0 aliphatic rings. The molecule has 5 atom stereocenters. The van der Waals surface area contributed by atoms with Gasteiger partial charge in [0.2, 0.25) is 0 Å². The van der Waals surface area contributed by atoms with Crippen LogP contribution < -0.4 is 5.73 Å². The summed E-state index contributed by atoms with van der Waals surface area (Å²) in [5.74, 6) is -1.27. The van der Waals surface area contributed by atoms with Gasteiger partial charge in [0, 0.05) is 0 Å². The summed E-state index contributed by atoms with van der Waals surface area (Å²) >= 11 is 0. The third-order valence-electron chi connectivity index (χ3n) is 2.26. The molecule has 8 heteroatoms. The van der Waals surface area contributed by atoms with Gasteiger partial charge in [-0.15, -0.1) is 0 Å². The minimum absolute atomic E-state index is 0.563. The molecule has 0 aromatic carbocycles. The lowest BCUT2D eigenvalue weighted by atomic mass is 10.0. The van der Waals surface area contributed by atoms with Crippen LogP contribution in [-0.2, 0) is 9.53 Å². The fourth-order valence-electron chi connectivity index (χ4n) is 1.16. The summed E-state index contributed by atoms with van der Waals surface area (Å²) in [4.78, 5) is 10.6. The minimum Gasteiger partial charge on any atom is -0.479 e. The van der Waals surface area contributed by atoms with E-state index in [9.17, 15) is 15.0 Å². The molecular weight excluding hydrogens is 234 g/mol. The maximum Gasteiger partial charge on any atom is 0.332 e. The zero-order valence-electron chi connectivity index (χ0n) is 9.43. The highest BCUT2D eigenvalue weighted by molar-refractivity contribution is 5.71. The number of carbonyl (C=O) groups is 1. The summed E-state index contributed by atoms with van der Waals surface area (Å²) < 4.78 is 4.94. The van der Waals surface area contributed by atoms with E-state index in [0.717, 1.165) is 0 Å². The van der Waals surface area contributed by atoms with Gasteiger partial charge in [-0.1, -0.05) is 0 Å². The molecule has 8 nitrogen and oxygen atoms in total. The minimum atomic E-state index is -1.59. The quantitative estimate of drug-likeness (QED) is 0.265. The molecule has 0 aromatic heterocycles. The van der Waals surface area contributed by atoms with Gasteiger partial charge in [0.1, 0.15) is 18.3 Å². The van der Waals surface area contributed by atoms with Gasteiger partial charge in [-0.3, -0.25) is 0 Å². The molecule has 0 aromatic rings. The van der Waals surface area contributed by atoms with E-state index in [1.54, 1.807) is 0 Å². The van der Waals surface area contributed by atoms with E-state index in [0.29, 0.717) is 0 Å².